The van der Waals surface area contributed by atoms with Gasteiger partial charge in [-0.05, 0) is 35.2 Å². The molecule has 4 heterocycles. The average molecular weight is 359 g/mol. The van der Waals surface area contributed by atoms with Gasteiger partial charge in [0.05, 0.1) is 6.20 Å². The first-order chi connectivity index (χ1) is 13.3. The molecular weight excluding hydrogens is 338 g/mol. The number of hydrogen-bond acceptors (Lipinski definition) is 6. The molecule has 4 aromatic rings. The summed E-state index contributed by atoms with van der Waals surface area (Å²) in [4.78, 5) is 19.4. The summed E-state index contributed by atoms with van der Waals surface area (Å²) >= 11 is 0. The van der Waals surface area contributed by atoms with Crippen LogP contribution in [0.4, 0.5) is 11.6 Å². The van der Waals surface area contributed by atoms with Crippen LogP contribution in [0.3, 0.4) is 0 Å². The number of H-pyrrole nitrogens is 1. The number of hydrogen-bond donors (Lipinski definition) is 3. The zero-order valence-electron chi connectivity index (χ0n) is 14.9. The van der Waals surface area contributed by atoms with E-state index in [0.717, 1.165) is 48.8 Å². The molecule has 1 aromatic carbocycles. The molecule has 0 amide bonds. The highest BCUT2D eigenvalue weighted by Gasteiger charge is 2.12. The van der Waals surface area contributed by atoms with E-state index in [4.69, 9.17) is 4.98 Å². The van der Waals surface area contributed by atoms with E-state index in [1.54, 1.807) is 6.20 Å². The molecule has 0 unspecified atom stereocenters. The van der Waals surface area contributed by atoms with Crippen LogP contribution in [0.25, 0.3) is 22.1 Å². The van der Waals surface area contributed by atoms with Crippen LogP contribution < -0.4 is 15.5 Å². The fraction of sp³-hybridized carbons (Fsp3) is 0.250. The molecule has 3 N–H and O–H groups in total. The predicted molar refractivity (Wildman–Crippen MR) is 108 cm³/mol. The third-order valence-corrected chi connectivity index (χ3v) is 4.93. The van der Waals surface area contributed by atoms with Gasteiger partial charge in [-0.25, -0.2) is 15.0 Å². The number of pyridine rings is 1. The number of benzene rings is 1. The lowest BCUT2D eigenvalue weighted by atomic mass is 10.1. The Kier molecular flexibility index (Phi) is 4.06. The van der Waals surface area contributed by atoms with Crippen molar-refractivity contribution in [2.45, 2.75) is 6.54 Å². The van der Waals surface area contributed by atoms with E-state index in [1.165, 1.54) is 10.9 Å². The molecule has 0 saturated carbocycles. The molecule has 1 aliphatic rings. The molecule has 7 heteroatoms. The van der Waals surface area contributed by atoms with Gasteiger partial charge in [-0.15, -0.1) is 0 Å². The van der Waals surface area contributed by atoms with Crippen LogP contribution >= 0.6 is 0 Å². The Bertz CT molecular complexity index is 1080. The van der Waals surface area contributed by atoms with Gasteiger partial charge in [0.1, 0.15) is 17.2 Å². The zero-order chi connectivity index (χ0) is 18.1. The van der Waals surface area contributed by atoms with E-state index >= 15 is 0 Å². The summed E-state index contributed by atoms with van der Waals surface area (Å²) in [6.07, 6.45) is 3.72. The van der Waals surface area contributed by atoms with E-state index in [0.29, 0.717) is 12.2 Å². The Morgan fingerprint density at radius 1 is 1.04 bits per heavy atom. The van der Waals surface area contributed by atoms with E-state index in [2.05, 4.69) is 54.8 Å². The molecular formula is C20H21N7. The summed E-state index contributed by atoms with van der Waals surface area (Å²) in [7, 11) is 0. The lowest BCUT2D eigenvalue weighted by molar-refractivity contribution is 0.585. The minimum absolute atomic E-state index is 0.677. The number of nitrogens with one attached hydrogen (secondary N) is 3. The van der Waals surface area contributed by atoms with Gasteiger partial charge >= 0.3 is 0 Å². The summed E-state index contributed by atoms with van der Waals surface area (Å²) in [5, 5.41) is 7.94. The van der Waals surface area contributed by atoms with Crippen LogP contribution in [0.1, 0.15) is 5.56 Å². The molecule has 1 fully saturated rings. The maximum Gasteiger partial charge on any atom is 0.182 e. The quantitative estimate of drug-likeness (QED) is 0.519. The van der Waals surface area contributed by atoms with Gasteiger partial charge in [0.25, 0.3) is 0 Å². The molecule has 5 rings (SSSR count). The summed E-state index contributed by atoms with van der Waals surface area (Å²) < 4.78 is 0. The standard InChI is InChI=1S/C20H21N7/c1-2-15-5-6-22-17(15)11-14(1)12-24-18-13-23-16-3-4-19(26-20(16)25-18)27-9-7-21-8-10-27/h1-6,11,13,21-22H,7-10,12H2,(H,24,25,26). The SMILES string of the molecule is c1cc2ccc(CNc3cnc4ccc(N5CCNCC5)nc4n3)cc2[nH]1. The second-order valence-electron chi connectivity index (χ2n) is 6.76. The first kappa shape index (κ1) is 16.0. The highest BCUT2D eigenvalue weighted by atomic mass is 15.2. The summed E-state index contributed by atoms with van der Waals surface area (Å²) in [5.74, 6) is 1.70. The minimum atomic E-state index is 0.677. The molecule has 0 bridgehead atoms. The summed E-state index contributed by atoms with van der Waals surface area (Å²) in [6.45, 7) is 4.58. The third-order valence-electron chi connectivity index (χ3n) is 4.93. The van der Waals surface area contributed by atoms with Crippen molar-refractivity contribution in [2.75, 3.05) is 36.4 Å². The Hall–Kier alpha value is -3.19. The van der Waals surface area contributed by atoms with E-state index in [1.807, 2.05) is 18.3 Å². The maximum absolute atomic E-state index is 4.73. The van der Waals surface area contributed by atoms with E-state index in [9.17, 15) is 0 Å². The lowest BCUT2D eigenvalue weighted by Gasteiger charge is -2.28. The van der Waals surface area contributed by atoms with Crippen LogP contribution in [0.15, 0.2) is 48.8 Å². The van der Waals surface area contributed by atoms with Crippen molar-refractivity contribution >= 4 is 33.7 Å². The van der Waals surface area contributed by atoms with Gasteiger partial charge in [0.15, 0.2) is 5.65 Å². The monoisotopic (exact) mass is 359 g/mol. The molecule has 1 aliphatic heterocycles. The number of fused-ring (bicyclic) bond motifs is 2. The molecule has 3 aromatic heterocycles. The highest BCUT2D eigenvalue weighted by Crippen LogP contribution is 2.18. The van der Waals surface area contributed by atoms with Gasteiger partial charge < -0.3 is 20.5 Å². The number of anilines is 2. The van der Waals surface area contributed by atoms with Gasteiger partial charge in [0, 0.05) is 44.4 Å². The Balaban J connectivity index is 1.36. The van der Waals surface area contributed by atoms with Gasteiger partial charge in [-0.2, -0.15) is 0 Å². The van der Waals surface area contributed by atoms with Gasteiger partial charge in [-0.1, -0.05) is 12.1 Å². The van der Waals surface area contributed by atoms with Crippen LogP contribution in [-0.2, 0) is 6.54 Å². The summed E-state index contributed by atoms with van der Waals surface area (Å²) in [5.41, 5.74) is 3.82. The van der Waals surface area contributed by atoms with Crippen LogP contribution in [0.2, 0.25) is 0 Å². The Labute approximate surface area is 156 Å². The molecule has 0 aliphatic carbocycles. The van der Waals surface area contributed by atoms with E-state index in [-0.39, 0.29) is 0 Å². The van der Waals surface area contributed by atoms with Crippen molar-refractivity contribution in [3.8, 4) is 0 Å². The maximum atomic E-state index is 4.73. The van der Waals surface area contributed by atoms with Crippen molar-refractivity contribution in [2.24, 2.45) is 0 Å². The Morgan fingerprint density at radius 2 is 1.96 bits per heavy atom. The lowest BCUT2D eigenvalue weighted by Crippen LogP contribution is -2.43. The highest BCUT2D eigenvalue weighted by molar-refractivity contribution is 5.80. The first-order valence-electron chi connectivity index (χ1n) is 9.24. The van der Waals surface area contributed by atoms with Gasteiger partial charge in [-0.3, -0.25) is 0 Å². The Morgan fingerprint density at radius 3 is 2.89 bits per heavy atom. The van der Waals surface area contributed by atoms with Crippen LogP contribution in [0.5, 0.6) is 0 Å². The fourth-order valence-corrected chi connectivity index (χ4v) is 3.44. The van der Waals surface area contributed by atoms with Crippen molar-refractivity contribution in [3.63, 3.8) is 0 Å². The van der Waals surface area contributed by atoms with Crippen molar-refractivity contribution in [1.29, 1.82) is 0 Å². The van der Waals surface area contributed by atoms with Crippen molar-refractivity contribution in [1.82, 2.24) is 25.3 Å². The molecule has 1 saturated heterocycles. The molecule has 7 nitrogen and oxygen atoms in total. The minimum Gasteiger partial charge on any atom is -0.365 e. The smallest absolute Gasteiger partial charge is 0.182 e. The second kappa shape index (κ2) is 6.85. The second-order valence-corrected chi connectivity index (χ2v) is 6.76. The molecule has 27 heavy (non-hydrogen) atoms. The molecule has 0 spiro atoms. The van der Waals surface area contributed by atoms with Crippen LogP contribution in [0, 0.1) is 0 Å². The summed E-state index contributed by atoms with van der Waals surface area (Å²) in [6, 6.07) is 12.5. The fourth-order valence-electron chi connectivity index (χ4n) is 3.44. The molecule has 136 valence electrons. The number of aromatic amines is 1. The number of rotatable bonds is 4. The number of nitrogens with zero attached hydrogens (tertiary/aromatic N) is 4. The van der Waals surface area contributed by atoms with Gasteiger partial charge in [0.2, 0.25) is 0 Å². The largest absolute Gasteiger partial charge is 0.365 e. The average Bonchev–Trinajstić information content (AvgIpc) is 3.20. The normalized spacial score (nSPS) is 14.7. The van der Waals surface area contributed by atoms with Crippen molar-refractivity contribution < 1.29 is 0 Å². The predicted octanol–water partition coefficient (Wildman–Crippen LogP) is 2.53. The van der Waals surface area contributed by atoms with Crippen molar-refractivity contribution in [3.05, 3.63) is 54.4 Å². The van der Waals surface area contributed by atoms with E-state index < -0.39 is 0 Å². The number of piperazine rings is 1. The topological polar surface area (TPSA) is 81.8 Å². The van der Waals surface area contributed by atoms with Crippen LogP contribution in [-0.4, -0.2) is 46.1 Å². The first-order valence-corrected chi connectivity index (χ1v) is 9.24. The molecule has 0 radical (unpaired) electrons. The number of aromatic nitrogens is 4. The third kappa shape index (κ3) is 3.29. The zero-order valence-corrected chi connectivity index (χ0v) is 14.9. The molecule has 0 atom stereocenters.